The summed E-state index contributed by atoms with van der Waals surface area (Å²) in [7, 11) is 1.59. The number of ether oxygens (including phenoxy) is 3. The third kappa shape index (κ3) is 7.86. The third-order valence-corrected chi connectivity index (χ3v) is 8.92. The fourth-order valence-electron chi connectivity index (χ4n) is 5.23. The second-order valence-electron chi connectivity index (χ2n) is 10.8. The minimum atomic E-state index is -1.04. The number of hydrogen-bond donors (Lipinski definition) is 2. The van der Waals surface area contributed by atoms with E-state index in [2.05, 4.69) is 34.5 Å². The molecule has 3 aromatic carbocycles. The summed E-state index contributed by atoms with van der Waals surface area (Å²) in [5.74, 6) is 0.152. The number of nitrogens with one attached hydrogen (secondary N) is 2. The molecule has 4 aromatic rings. The number of carbonyl (C=O) groups excluding carboxylic acids is 2. The van der Waals surface area contributed by atoms with E-state index >= 15 is 0 Å². The van der Waals surface area contributed by atoms with Gasteiger partial charge in [0.25, 0.3) is 5.91 Å². The van der Waals surface area contributed by atoms with Gasteiger partial charge in [-0.1, -0.05) is 19.9 Å². The van der Waals surface area contributed by atoms with E-state index in [4.69, 9.17) is 14.2 Å². The van der Waals surface area contributed by atoms with E-state index in [0.717, 1.165) is 60.3 Å². The Kier molecular flexibility index (Phi) is 11.0. The van der Waals surface area contributed by atoms with Gasteiger partial charge in [0.1, 0.15) is 28.5 Å². The molecule has 1 unspecified atom stereocenters. The van der Waals surface area contributed by atoms with Crippen molar-refractivity contribution in [3.8, 4) is 23.0 Å². The molecular formula is C34H37F2N5O5S. The van der Waals surface area contributed by atoms with Gasteiger partial charge in [0.2, 0.25) is 0 Å². The topological polar surface area (TPSA) is 105 Å². The van der Waals surface area contributed by atoms with Crippen LogP contribution in [0, 0.1) is 18.6 Å². The normalized spacial score (nSPS) is 14.5. The Morgan fingerprint density at radius 3 is 2.51 bits per heavy atom. The first kappa shape index (κ1) is 33.7. The molecule has 1 aliphatic rings. The van der Waals surface area contributed by atoms with Gasteiger partial charge in [-0.3, -0.25) is 9.78 Å². The van der Waals surface area contributed by atoms with Crippen LogP contribution < -0.4 is 25.0 Å². The van der Waals surface area contributed by atoms with Crippen molar-refractivity contribution in [3.05, 3.63) is 83.6 Å². The SMILES string of the molecule is CCN(CC)CCCOc1cc2nccc(Oc3ccc(NC(=O)NN4C(=O)CSC4c4c(F)cccc4F)cc3C)c2cc1OC. The van der Waals surface area contributed by atoms with E-state index in [1.807, 2.05) is 19.1 Å². The molecule has 5 rings (SSSR count). The molecule has 47 heavy (non-hydrogen) atoms. The highest BCUT2D eigenvalue weighted by atomic mass is 32.2. The Hall–Kier alpha value is -4.62. The lowest BCUT2D eigenvalue weighted by molar-refractivity contribution is -0.130. The highest BCUT2D eigenvalue weighted by molar-refractivity contribution is 8.00. The quantitative estimate of drug-likeness (QED) is 0.147. The highest BCUT2D eigenvalue weighted by Crippen LogP contribution is 2.40. The molecular weight excluding hydrogens is 628 g/mol. The number of hydrazine groups is 1. The molecule has 0 radical (unpaired) electrons. The first-order chi connectivity index (χ1) is 22.7. The largest absolute Gasteiger partial charge is 0.493 e. The fourth-order valence-corrected chi connectivity index (χ4v) is 6.38. The van der Waals surface area contributed by atoms with Gasteiger partial charge in [-0.05, 0) is 74.5 Å². The molecule has 1 aliphatic heterocycles. The zero-order chi connectivity index (χ0) is 33.5. The summed E-state index contributed by atoms with van der Waals surface area (Å²) >= 11 is 1.02. The lowest BCUT2D eigenvalue weighted by Crippen LogP contribution is -2.46. The lowest BCUT2D eigenvalue weighted by atomic mass is 10.1. The Labute approximate surface area is 276 Å². The summed E-state index contributed by atoms with van der Waals surface area (Å²) in [6.07, 6.45) is 2.54. The monoisotopic (exact) mass is 665 g/mol. The molecule has 10 nitrogen and oxygen atoms in total. The van der Waals surface area contributed by atoms with Crippen molar-refractivity contribution in [1.82, 2.24) is 20.3 Å². The van der Waals surface area contributed by atoms with Crippen LogP contribution in [0.1, 0.15) is 36.8 Å². The predicted molar refractivity (Wildman–Crippen MR) is 178 cm³/mol. The van der Waals surface area contributed by atoms with E-state index < -0.39 is 28.9 Å². The van der Waals surface area contributed by atoms with Crippen LogP contribution in [0.5, 0.6) is 23.0 Å². The number of hydrogen-bond acceptors (Lipinski definition) is 8. The molecule has 13 heteroatoms. The maximum atomic E-state index is 14.4. The van der Waals surface area contributed by atoms with Crippen molar-refractivity contribution in [1.29, 1.82) is 0 Å². The average Bonchev–Trinajstić information content (AvgIpc) is 3.40. The number of carbonyl (C=O) groups is 2. The highest BCUT2D eigenvalue weighted by Gasteiger charge is 2.37. The zero-order valence-corrected chi connectivity index (χ0v) is 27.5. The van der Waals surface area contributed by atoms with E-state index in [-0.39, 0.29) is 11.3 Å². The van der Waals surface area contributed by atoms with E-state index in [0.29, 0.717) is 46.4 Å². The van der Waals surface area contributed by atoms with Crippen LogP contribution in [0.25, 0.3) is 10.9 Å². The summed E-state index contributed by atoms with van der Waals surface area (Å²) in [5, 5.41) is 3.30. The average molecular weight is 666 g/mol. The number of anilines is 1. The number of thioether (sulfide) groups is 1. The van der Waals surface area contributed by atoms with Gasteiger partial charge in [0, 0.05) is 29.9 Å². The minimum absolute atomic E-state index is 0.0370. The van der Waals surface area contributed by atoms with Crippen LogP contribution in [0.3, 0.4) is 0 Å². The molecule has 1 aromatic heterocycles. The Balaban J connectivity index is 1.26. The van der Waals surface area contributed by atoms with Crippen molar-refractivity contribution < 1.29 is 32.6 Å². The Morgan fingerprint density at radius 1 is 1.04 bits per heavy atom. The minimum Gasteiger partial charge on any atom is -0.493 e. The molecule has 1 atom stereocenters. The van der Waals surface area contributed by atoms with Gasteiger partial charge >= 0.3 is 6.03 Å². The van der Waals surface area contributed by atoms with Gasteiger partial charge in [-0.15, -0.1) is 11.8 Å². The van der Waals surface area contributed by atoms with Crippen LogP contribution >= 0.6 is 11.8 Å². The molecule has 1 saturated heterocycles. The second-order valence-corrected chi connectivity index (χ2v) is 11.8. The number of rotatable bonds is 13. The number of fused-ring (bicyclic) bond motifs is 1. The van der Waals surface area contributed by atoms with E-state index in [1.54, 1.807) is 37.6 Å². The molecule has 0 saturated carbocycles. The number of amides is 3. The van der Waals surface area contributed by atoms with Crippen molar-refractivity contribution in [2.24, 2.45) is 0 Å². The van der Waals surface area contributed by atoms with Crippen molar-refractivity contribution in [2.75, 3.05) is 44.4 Å². The van der Waals surface area contributed by atoms with Crippen LogP contribution in [0.2, 0.25) is 0 Å². The number of methoxy groups -OCH3 is 1. The molecule has 0 bridgehead atoms. The standard InChI is InChI=1S/C34H37F2N5O5S/c1-5-40(6-2)15-8-16-45-30-19-26-23(18-29(30)44-4)28(13-14-37-26)46-27-12-11-22(17-21(27)3)38-34(43)39-41-31(42)20-47-33(41)32-24(35)9-7-10-25(32)36/h7,9-14,17-19,33H,5-6,8,15-16,20H2,1-4H3,(H2,38,39,43). The molecule has 248 valence electrons. The lowest BCUT2D eigenvalue weighted by Gasteiger charge is -2.25. The molecule has 1 fully saturated rings. The summed E-state index contributed by atoms with van der Waals surface area (Å²) in [6, 6.07) is 13.2. The number of urea groups is 1. The second kappa shape index (κ2) is 15.3. The Bertz CT molecular complexity index is 1740. The number of aryl methyl sites for hydroxylation is 1. The predicted octanol–water partition coefficient (Wildman–Crippen LogP) is 7.04. The van der Waals surface area contributed by atoms with Crippen LogP contribution in [-0.4, -0.2) is 65.9 Å². The first-order valence-corrected chi connectivity index (χ1v) is 16.3. The summed E-state index contributed by atoms with van der Waals surface area (Å²) < 4.78 is 46.8. The number of halogens is 2. The maximum Gasteiger partial charge on any atom is 0.338 e. The smallest absolute Gasteiger partial charge is 0.338 e. The van der Waals surface area contributed by atoms with Crippen molar-refractivity contribution >= 4 is 40.3 Å². The number of aromatic nitrogens is 1. The van der Waals surface area contributed by atoms with E-state index in [9.17, 15) is 18.4 Å². The van der Waals surface area contributed by atoms with Crippen LogP contribution in [-0.2, 0) is 4.79 Å². The van der Waals surface area contributed by atoms with Crippen molar-refractivity contribution in [3.63, 3.8) is 0 Å². The van der Waals surface area contributed by atoms with Gasteiger partial charge in [0.05, 0.1) is 30.5 Å². The summed E-state index contributed by atoms with van der Waals surface area (Å²) in [4.78, 5) is 32.2. The first-order valence-electron chi connectivity index (χ1n) is 15.3. The summed E-state index contributed by atoms with van der Waals surface area (Å²) in [5.41, 5.74) is 3.95. The Morgan fingerprint density at radius 2 is 1.81 bits per heavy atom. The van der Waals surface area contributed by atoms with Gasteiger partial charge in [0.15, 0.2) is 11.5 Å². The molecule has 2 heterocycles. The number of pyridine rings is 1. The van der Waals surface area contributed by atoms with Crippen LogP contribution in [0.15, 0.2) is 60.8 Å². The number of benzene rings is 3. The van der Waals surface area contributed by atoms with Crippen molar-refractivity contribution in [2.45, 2.75) is 32.6 Å². The molecule has 2 N–H and O–H groups in total. The van der Waals surface area contributed by atoms with Gasteiger partial charge in [-0.2, -0.15) is 0 Å². The molecule has 0 spiro atoms. The maximum absolute atomic E-state index is 14.4. The fraction of sp³-hybridized carbons (Fsp3) is 0.324. The number of nitrogens with zero attached hydrogens (tertiary/aromatic N) is 3. The molecule has 0 aliphatic carbocycles. The van der Waals surface area contributed by atoms with E-state index in [1.165, 1.54) is 6.07 Å². The third-order valence-electron chi connectivity index (χ3n) is 7.75. The summed E-state index contributed by atoms with van der Waals surface area (Å²) in [6.45, 7) is 9.60. The van der Waals surface area contributed by atoms with Crippen LogP contribution in [0.4, 0.5) is 19.3 Å². The van der Waals surface area contributed by atoms with Gasteiger partial charge < -0.3 is 24.4 Å². The zero-order valence-electron chi connectivity index (χ0n) is 26.6. The van der Waals surface area contributed by atoms with Gasteiger partial charge in [-0.25, -0.2) is 24.0 Å². The molecule has 3 amide bonds.